The second-order valence-electron chi connectivity index (χ2n) is 3.91. The predicted octanol–water partition coefficient (Wildman–Crippen LogP) is 4.59. The van der Waals surface area contributed by atoms with Crippen LogP contribution in [0.2, 0.25) is 5.02 Å². The van der Waals surface area contributed by atoms with Crippen molar-refractivity contribution in [2.24, 2.45) is 0 Å². The van der Waals surface area contributed by atoms with Crippen molar-refractivity contribution in [1.82, 2.24) is 0 Å². The van der Waals surface area contributed by atoms with E-state index in [1.54, 1.807) is 12.1 Å². The number of hydrogen-bond acceptors (Lipinski definition) is 1. The summed E-state index contributed by atoms with van der Waals surface area (Å²) in [6.45, 7) is 0. The fourth-order valence-corrected chi connectivity index (χ4v) is 1.70. The van der Waals surface area contributed by atoms with Gasteiger partial charge in [-0.1, -0.05) is 23.7 Å². The molecule has 2 aromatic carbocycles. The Hall–Kier alpha value is -1.81. The maximum Gasteiger partial charge on any atom is 0.416 e. The Morgan fingerprint density at radius 2 is 1.26 bits per heavy atom. The van der Waals surface area contributed by atoms with Crippen LogP contribution in [-0.4, -0.2) is 5.78 Å². The highest BCUT2D eigenvalue weighted by Gasteiger charge is 2.30. The normalized spacial score (nSPS) is 11.4. The standard InChI is InChI=1S/C14H8ClF3O/c15-12-7-3-10(4-8-12)13(19)9-1-5-11(6-2-9)14(16,17)18/h1-8H. The van der Waals surface area contributed by atoms with Gasteiger partial charge in [-0.2, -0.15) is 13.2 Å². The van der Waals surface area contributed by atoms with Crippen molar-refractivity contribution in [2.75, 3.05) is 0 Å². The van der Waals surface area contributed by atoms with Gasteiger partial charge in [0, 0.05) is 16.1 Å². The van der Waals surface area contributed by atoms with Gasteiger partial charge in [-0.15, -0.1) is 0 Å². The summed E-state index contributed by atoms with van der Waals surface area (Å²) in [5.74, 6) is -0.342. The first-order valence-corrected chi connectivity index (χ1v) is 5.73. The molecular formula is C14H8ClF3O. The van der Waals surface area contributed by atoms with Crippen LogP contribution >= 0.6 is 11.6 Å². The fraction of sp³-hybridized carbons (Fsp3) is 0.0714. The second-order valence-corrected chi connectivity index (χ2v) is 4.35. The smallest absolute Gasteiger partial charge is 0.289 e. The molecule has 0 radical (unpaired) electrons. The summed E-state index contributed by atoms with van der Waals surface area (Å²) in [6, 6.07) is 10.3. The van der Waals surface area contributed by atoms with Crippen LogP contribution in [0.1, 0.15) is 21.5 Å². The fourth-order valence-electron chi connectivity index (χ4n) is 1.58. The minimum Gasteiger partial charge on any atom is -0.289 e. The van der Waals surface area contributed by atoms with Crippen molar-refractivity contribution in [3.8, 4) is 0 Å². The molecule has 19 heavy (non-hydrogen) atoms. The van der Waals surface area contributed by atoms with Crippen LogP contribution in [-0.2, 0) is 6.18 Å². The van der Waals surface area contributed by atoms with Gasteiger partial charge in [0.2, 0.25) is 0 Å². The largest absolute Gasteiger partial charge is 0.416 e. The van der Waals surface area contributed by atoms with Gasteiger partial charge in [-0.05, 0) is 36.4 Å². The summed E-state index contributed by atoms with van der Waals surface area (Å²) in [5.41, 5.74) is -0.195. The van der Waals surface area contributed by atoms with Crippen molar-refractivity contribution in [3.63, 3.8) is 0 Å². The first kappa shape index (κ1) is 13.6. The molecule has 2 rings (SSSR count). The molecule has 0 N–H and O–H groups in total. The van der Waals surface area contributed by atoms with Gasteiger partial charge < -0.3 is 0 Å². The van der Waals surface area contributed by atoms with E-state index in [9.17, 15) is 18.0 Å². The molecular weight excluding hydrogens is 277 g/mol. The Morgan fingerprint density at radius 1 is 0.842 bits per heavy atom. The van der Waals surface area contributed by atoms with Crippen LogP contribution in [0.4, 0.5) is 13.2 Å². The Balaban J connectivity index is 2.27. The van der Waals surface area contributed by atoms with E-state index in [1.807, 2.05) is 0 Å². The Bertz CT molecular complexity index is 586. The molecule has 2 aromatic rings. The average molecular weight is 285 g/mol. The molecule has 0 atom stereocenters. The molecule has 0 heterocycles. The minimum absolute atomic E-state index is 0.204. The SMILES string of the molecule is O=C(c1ccc(Cl)cc1)c1ccc(C(F)(F)F)cc1. The van der Waals surface area contributed by atoms with Crippen molar-refractivity contribution < 1.29 is 18.0 Å². The zero-order chi connectivity index (χ0) is 14.0. The molecule has 98 valence electrons. The van der Waals surface area contributed by atoms with E-state index in [4.69, 9.17) is 11.6 Å². The van der Waals surface area contributed by atoms with E-state index in [0.717, 1.165) is 12.1 Å². The van der Waals surface area contributed by atoms with Crippen LogP contribution < -0.4 is 0 Å². The lowest BCUT2D eigenvalue weighted by molar-refractivity contribution is -0.137. The van der Waals surface area contributed by atoms with E-state index in [1.165, 1.54) is 24.3 Å². The van der Waals surface area contributed by atoms with Crippen molar-refractivity contribution in [1.29, 1.82) is 0 Å². The molecule has 0 saturated carbocycles. The van der Waals surface area contributed by atoms with Gasteiger partial charge in [-0.3, -0.25) is 4.79 Å². The molecule has 0 amide bonds. The summed E-state index contributed by atoms with van der Waals surface area (Å²) in [4.78, 5) is 12.0. The van der Waals surface area contributed by atoms with E-state index < -0.39 is 11.7 Å². The van der Waals surface area contributed by atoms with Crippen molar-refractivity contribution >= 4 is 17.4 Å². The van der Waals surface area contributed by atoms with E-state index in [2.05, 4.69) is 0 Å². The Labute approximate surface area is 112 Å². The van der Waals surface area contributed by atoms with Gasteiger partial charge in [0.05, 0.1) is 5.56 Å². The van der Waals surface area contributed by atoms with Crippen LogP contribution in [0.5, 0.6) is 0 Å². The number of carbonyl (C=O) groups excluding carboxylic acids is 1. The summed E-state index contributed by atoms with van der Waals surface area (Å²) < 4.78 is 37.2. The zero-order valence-corrected chi connectivity index (χ0v) is 10.3. The lowest BCUT2D eigenvalue weighted by Gasteiger charge is -2.07. The minimum atomic E-state index is -4.40. The van der Waals surface area contributed by atoms with Gasteiger partial charge in [0.25, 0.3) is 0 Å². The number of carbonyl (C=O) groups is 1. The molecule has 1 nitrogen and oxygen atoms in total. The molecule has 0 fully saturated rings. The number of ketones is 1. The number of alkyl halides is 3. The third kappa shape index (κ3) is 3.15. The maximum atomic E-state index is 12.4. The molecule has 0 aliphatic carbocycles. The lowest BCUT2D eigenvalue weighted by Crippen LogP contribution is -2.06. The highest BCUT2D eigenvalue weighted by Crippen LogP contribution is 2.29. The topological polar surface area (TPSA) is 17.1 Å². The van der Waals surface area contributed by atoms with E-state index in [0.29, 0.717) is 10.6 Å². The number of halogens is 4. The maximum absolute atomic E-state index is 12.4. The van der Waals surface area contributed by atoms with E-state index >= 15 is 0 Å². The summed E-state index contributed by atoms with van der Waals surface area (Å²) >= 11 is 5.70. The van der Waals surface area contributed by atoms with Gasteiger partial charge >= 0.3 is 6.18 Å². The molecule has 0 bridgehead atoms. The molecule has 0 aromatic heterocycles. The summed E-state index contributed by atoms with van der Waals surface area (Å²) in [7, 11) is 0. The summed E-state index contributed by atoms with van der Waals surface area (Å²) in [6.07, 6.45) is -4.40. The average Bonchev–Trinajstić information content (AvgIpc) is 2.38. The quantitative estimate of drug-likeness (QED) is 0.737. The first-order chi connectivity index (χ1) is 8.88. The van der Waals surface area contributed by atoms with Gasteiger partial charge in [0.1, 0.15) is 0 Å². The third-order valence-corrected chi connectivity index (χ3v) is 2.83. The molecule has 5 heteroatoms. The molecule has 0 unspecified atom stereocenters. The van der Waals surface area contributed by atoms with Crippen molar-refractivity contribution in [3.05, 3.63) is 70.2 Å². The predicted molar refractivity (Wildman–Crippen MR) is 66.3 cm³/mol. The number of hydrogen-bond donors (Lipinski definition) is 0. The first-order valence-electron chi connectivity index (χ1n) is 5.35. The molecule has 0 spiro atoms. The van der Waals surface area contributed by atoms with Crippen LogP contribution in [0.25, 0.3) is 0 Å². The van der Waals surface area contributed by atoms with E-state index in [-0.39, 0.29) is 11.3 Å². The zero-order valence-electron chi connectivity index (χ0n) is 9.54. The molecule has 0 aliphatic rings. The monoisotopic (exact) mass is 284 g/mol. The number of benzene rings is 2. The third-order valence-electron chi connectivity index (χ3n) is 2.58. The van der Waals surface area contributed by atoms with Gasteiger partial charge in [-0.25, -0.2) is 0 Å². The Kier molecular flexibility index (Phi) is 3.62. The Morgan fingerprint density at radius 3 is 1.68 bits per heavy atom. The lowest BCUT2D eigenvalue weighted by atomic mass is 10.0. The number of rotatable bonds is 2. The van der Waals surface area contributed by atoms with Gasteiger partial charge in [0.15, 0.2) is 5.78 Å². The molecule has 0 aliphatic heterocycles. The summed E-state index contributed by atoms with van der Waals surface area (Å²) in [5, 5.41) is 0.490. The van der Waals surface area contributed by atoms with Crippen LogP contribution in [0, 0.1) is 0 Å². The highest BCUT2D eigenvalue weighted by molar-refractivity contribution is 6.30. The van der Waals surface area contributed by atoms with Crippen LogP contribution in [0.3, 0.4) is 0 Å². The van der Waals surface area contributed by atoms with Crippen LogP contribution in [0.15, 0.2) is 48.5 Å². The second kappa shape index (κ2) is 5.05. The van der Waals surface area contributed by atoms with Crippen molar-refractivity contribution in [2.45, 2.75) is 6.18 Å². The molecule has 0 saturated heterocycles. The highest BCUT2D eigenvalue weighted by atomic mass is 35.5.